The van der Waals surface area contributed by atoms with Crippen LogP contribution in [0.2, 0.25) is 0 Å². The molecule has 0 amide bonds. The Morgan fingerprint density at radius 1 is 0.815 bits per heavy atom. The van der Waals surface area contributed by atoms with Gasteiger partial charge in [-0.1, -0.05) is 91.0 Å². The molecule has 27 heavy (non-hydrogen) atoms. The monoisotopic (exact) mass is 348 g/mol. The summed E-state index contributed by atoms with van der Waals surface area (Å²) in [7, 11) is 0. The zero-order valence-corrected chi connectivity index (χ0v) is 15.6. The van der Waals surface area contributed by atoms with E-state index >= 15 is 0 Å². The van der Waals surface area contributed by atoms with E-state index in [1.54, 1.807) is 0 Å². The standard InChI is InChI=1S/C27H24/c1-19(25-15-22-9-5-6-10-23(22)16-25)13-20-11-12-24-17-27(18-26(24)14-20)21-7-3-2-4-8-21/h2-12,14,18,25H,1,13,15-17H2. The molecule has 2 aliphatic rings. The Hall–Kier alpha value is -2.86. The van der Waals surface area contributed by atoms with Crippen molar-refractivity contribution in [2.45, 2.75) is 25.7 Å². The minimum Gasteiger partial charge on any atom is -0.0992 e. The van der Waals surface area contributed by atoms with Crippen molar-refractivity contribution in [2.24, 2.45) is 5.92 Å². The van der Waals surface area contributed by atoms with Crippen molar-refractivity contribution < 1.29 is 0 Å². The Labute approximate surface area is 161 Å². The zero-order chi connectivity index (χ0) is 18.2. The highest BCUT2D eigenvalue weighted by atomic mass is 14.3. The van der Waals surface area contributed by atoms with Crippen LogP contribution in [0, 0.1) is 5.92 Å². The van der Waals surface area contributed by atoms with Crippen LogP contribution >= 0.6 is 0 Å². The third kappa shape index (κ3) is 3.17. The molecular formula is C27H24. The highest BCUT2D eigenvalue weighted by Crippen LogP contribution is 2.34. The molecule has 0 N–H and O–H groups in total. The predicted molar refractivity (Wildman–Crippen MR) is 115 cm³/mol. The number of hydrogen-bond acceptors (Lipinski definition) is 0. The van der Waals surface area contributed by atoms with Gasteiger partial charge in [-0.05, 0) is 70.6 Å². The molecule has 0 saturated carbocycles. The van der Waals surface area contributed by atoms with Gasteiger partial charge in [-0.3, -0.25) is 0 Å². The minimum atomic E-state index is 0.589. The molecule has 0 spiro atoms. The van der Waals surface area contributed by atoms with Gasteiger partial charge in [0.2, 0.25) is 0 Å². The first-order chi connectivity index (χ1) is 13.3. The maximum atomic E-state index is 4.46. The van der Waals surface area contributed by atoms with Crippen LogP contribution in [-0.4, -0.2) is 0 Å². The van der Waals surface area contributed by atoms with Crippen molar-refractivity contribution in [3.63, 3.8) is 0 Å². The molecule has 0 bridgehead atoms. The molecular weight excluding hydrogens is 324 g/mol. The summed E-state index contributed by atoms with van der Waals surface area (Å²) in [5.41, 5.74) is 11.4. The lowest BCUT2D eigenvalue weighted by atomic mass is 9.91. The van der Waals surface area contributed by atoms with Crippen LogP contribution < -0.4 is 0 Å². The Kier molecular flexibility index (Phi) is 4.05. The Balaban J connectivity index is 1.32. The average molecular weight is 348 g/mol. The summed E-state index contributed by atoms with van der Waals surface area (Å²) in [5, 5.41) is 0. The fourth-order valence-corrected chi connectivity index (χ4v) is 4.59. The molecule has 0 aromatic heterocycles. The molecule has 132 valence electrons. The SMILES string of the molecule is C=C(Cc1ccc2c(c1)C=C(c1ccccc1)C2)C1Cc2ccccc2C1. The van der Waals surface area contributed by atoms with E-state index in [9.17, 15) is 0 Å². The van der Waals surface area contributed by atoms with Gasteiger partial charge in [-0.2, -0.15) is 0 Å². The number of hydrogen-bond donors (Lipinski definition) is 0. The van der Waals surface area contributed by atoms with Gasteiger partial charge in [0, 0.05) is 0 Å². The number of rotatable bonds is 4. The van der Waals surface area contributed by atoms with Gasteiger partial charge >= 0.3 is 0 Å². The summed E-state index contributed by atoms with van der Waals surface area (Å²) in [6.07, 6.45) is 6.69. The summed E-state index contributed by atoms with van der Waals surface area (Å²) in [6.45, 7) is 4.46. The van der Waals surface area contributed by atoms with Crippen LogP contribution in [0.3, 0.4) is 0 Å². The molecule has 0 radical (unpaired) electrons. The van der Waals surface area contributed by atoms with Gasteiger partial charge in [-0.15, -0.1) is 0 Å². The van der Waals surface area contributed by atoms with E-state index in [0.29, 0.717) is 5.92 Å². The van der Waals surface area contributed by atoms with E-state index < -0.39 is 0 Å². The second kappa shape index (κ2) is 6.70. The highest BCUT2D eigenvalue weighted by Gasteiger charge is 2.23. The van der Waals surface area contributed by atoms with Crippen LogP contribution in [0.1, 0.15) is 33.4 Å². The van der Waals surface area contributed by atoms with E-state index in [4.69, 9.17) is 0 Å². The molecule has 0 saturated heterocycles. The third-order valence-electron chi connectivity index (χ3n) is 6.13. The van der Waals surface area contributed by atoms with E-state index in [2.05, 4.69) is 85.5 Å². The molecule has 3 aromatic rings. The van der Waals surface area contributed by atoms with Gasteiger partial charge in [0.05, 0.1) is 0 Å². The van der Waals surface area contributed by atoms with Crippen LogP contribution in [0.4, 0.5) is 0 Å². The van der Waals surface area contributed by atoms with E-state index in [1.807, 2.05) is 0 Å². The zero-order valence-electron chi connectivity index (χ0n) is 15.6. The topological polar surface area (TPSA) is 0 Å². The van der Waals surface area contributed by atoms with Crippen molar-refractivity contribution >= 4 is 11.6 Å². The average Bonchev–Trinajstić information content (AvgIpc) is 3.32. The molecule has 0 heterocycles. The lowest BCUT2D eigenvalue weighted by Crippen LogP contribution is -2.06. The van der Waals surface area contributed by atoms with Gasteiger partial charge in [-0.25, -0.2) is 0 Å². The Morgan fingerprint density at radius 3 is 2.26 bits per heavy atom. The summed E-state index contributed by atoms with van der Waals surface area (Å²) in [6, 6.07) is 26.6. The molecule has 5 rings (SSSR count). The second-order valence-corrected chi connectivity index (χ2v) is 7.95. The van der Waals surface area contributed by atoms with Crippen molar-refractivity contribution in [1.82, 2.24) is 0 Å². The summed E-state index contributed by atoms with van der Waals surface area (Å²) in [4.78, 5) is 0. The van der Waals surface area contributed by atoms with Crippen molar-refractivity contribution in [3.8, 4) is 0 Å². The van der Waals surface area contributed by atoms with E-state index in [-0.39, 0.29) is 0 Å². The molecule has 0 atom stereocenters. The molecule has 0 heteroatoms. The normalized spacial score (nSPS) is 15.3. The summed E-state index contributed by atoms with van der Waals surface area (Å²) in [5.74, 6) is 0.589. The molecule has 3 aromatic carbocycles. The maximum Gasteiger partial charge on any atom is -0.00137 e. The van der Waals surface area contributed by atoms with Crippen molar-refractivity contribution in [3.05, 3.63) is 118 Å². The molecule has 2 aliphatic carbocycles. The number of benzene rings is 3. The van der Waals surface area contributed by atoms with E-state index in [1.165, 1.54) is 44.5 Å². The smallest absolute Gasteiger partial charge is 0.00137 e. The fourth-order valence-electron chi connectivity index (χ4n) is 4.59. The molecule has 0 unspecified atom stereocenters. The van der Waals surface area contributed by atoms with Crippen LogP contribution in [0.5, 0.6) is 0 Å². The van der Waals surface area contributed by atoms with Crippen LogP contribution in [0.15, 0.2) is 84.9 Å². The fraction of sp³-hybridized carbons (Fsp3) is 0.185. The first kappa shape index (κ1) is 16.3. The minimum absolute atomic E-state index is 0.589. The number of fused-ring (bicyclic) bond motifs is 2. The quantitative estimate of drug-likeness (QED) is 0.486. The van der Waals surface area contributed by atoms with E-state index in [0.717, 1.165) is 25.7 Å². The maximum absolute atomic E-state index is 4.46. The van der Waals surface area contributed by atoms with Gasteiger partial charge < -0.3 is 0 Å². The number of allylic oxidation sites excluding steroid dienone is 2. The lowest BCUT2D eigenvalue weighted by Gasteiger charge is -2.14. The first-order valence-corrected chi connectivity index (χ1v) is 9.88. The largest absolute Gasteiger partial charge is 0.0992 e. The predicted octanol–water partition coefficient (Wildman–Crippen LogP) is 6.30. The van der Waals surface area contributed by atoms with Gasteiger partial charge in [0.1, 0.15) is 0 Å². The molecule has 0 nitrogen and oxygen atoms in total. The van der Waals surface area contributed by atoms with Gasteiger partial charge in [0.15, 0.2) is 0 Å². The van der Waals surface area contributed by atoms with Crippen molar-refractivity contribution in [2.75, 3.05) is 0 Å². The van der Waals surface area contributed by atoms with Crippen LogP contribution in [-0.2, 0) is 25.7 Å². The highest BCUT2D eigenvalue weighted by molar-refractivity contribution is 5.88. The summed E-state index contributed by atoms with van der Waals surface area (Å²) >= 11 is 0. The molecule has 0 aliphatic heterocycles. The third-order valence-corrected chi connectivity index (χ3v) is 6.13. The van der Waals surface area contributed by atoms with Crippen LogP contribution in [0.25, 0.3) is 11.6 Å². The van der Waals surface area contributed by atoms with Gasteiger partial charge in [0.25, 0.3) is 0 Å². The first-order valence-electron chi connectivity index (χ1n) is 9.88. The Morgan fingerprint density at radius 2 is 1.52 bits per heavy atom. The van der Waals surface area contributed by atoms with Crippen molar-refractivity contribution in [1.29, 1.82) is 0 Å². The Bertz CT molecular complexity index is 1010. The lowest BCUT2D eigenvalue weighted by molar-refractivity contribution is 0.643. The summed E-state index contributed by atoms with van der Waals surface area (Å²) < 4.78 is 0. The molecule has 0 fully saturated rings. The second-order valence-electron chi connectivity index (χ2n) is 7.95.